The van der Waals surface area contributed by atoms with Gasteiger partial charge in [0, 0.05) is 7.05 Å². The predicted molar refractivity (Wildman–Crippen MR) is 140 cm³/mol. The summed E-state index contributed by atoms with van der Waals surface area (Å²) in [6, 6.07) is 29.8. The van der Waals surface area contributed by atoms with Gasteiger partial charge in [0.2, 0.25) is 0 Å². The van der Waals surface area contributed by atoms with E-state index in [0.717, 1.165) is 22.1 Å². The zero-order valence-electron chi connectivity index (χ0n) is 19.2. The van der Waals surface area contributed by atoms with Crippen LogP contribution in [0, 0.1) is 40.6 Å². The zero-order chi connectivity index (χ0) is 25.0. The topological polar surface area (TPSA) is 82.2 Å². The van der Waals surface area contributed by atoms with Gasteiger partial charge in [0.15, 0.2) is 5.69 Å². The van der Waals surface area contributed by atoms with Crippen LogP contribution in [0.3, 0.4) is 0 Å². The smallest absolute Gasteiger partial charge is 0.329 e. The summed E-state index contributed by atoms with van der Waals surface area (Å²) in [5.74, 6) is 0. The van der Waals surface area contributed by atoms with Gasteiger partial charge in [0.1, 0.15) is 12.1 Å². The second kappa shape index (κ2) is 7.78. The molecule has 0 fully saturated rings. The molecule has 0 radical (unpaired) electrons. The van der Waals surface area contributed by atoms with Gasteiger partial charge in [-0.15, -0.1) is 0 Å². The van der Waals surface area contributed by atoms with Gasteiger partial charge in [-0.1, -0.05) is 48.5 Å². The van der Waals surface area contributed by atoms with Crippen LogP contribution in [0.4, 0.5) is 28.4 Å². The van der Waals surface area contributed by atoms with Crippen LogP contribution in [0.25, 0.3) is 16.0 Å². The molecule has 4 aromatic carbocycles. The Bertz CT molecular complexity index is 1650. The number of fused-ring (bicyclic) bond motifs is 5. The number of benzene rings is 4. The number of hydrogen-bond acceptors (Lipinski definition) is 5. The summed E-state index contributed by atoms with van der Waals surface area (Å²) in [6.45, 7) is 7.27. The van der Waals surface area contributed by atoms with E-state index in [1.807, 2.05) is 36.2 Å². The largest absolute Gasteiger partial charge is 0.371 e. The maximum Gasteiger partial charge on any atom is 0.329 e. The van der Waals surface area contributed by atoms with Crippen LogP contribution < -0.4 is 20.6 Å². The zero-order valence-corrected chi connectivity index (χ0v) is 19.2. The Morgan fingerprint density at radius 2 is 1.31 bits per heavy atom. The fourth-order valence-electron chi connectivity index (χ4n) is 5.45. The van der Waals surface area contributed by atoms with Crippen LogP contribution in [0.1, 0.15) is 16.7 Å². The second-order valence-corrected chi connectivity index (χ2v) is 8.71. The third-order valence-electron chi connectivity index (χ3n) is 6.93. The Kier molecular flexibility index (Phi) is 4.55. The van der Waals surface area contributed by atoms with Gasteiger partial charge in [-0.3, -0.25) is 0 Å². The van der Waals surface area contributed by atoms with Crippen molar-refractivity contribution in [3.8, 4) is 29.3 Å². The molecule has 0 saturated carbocycles. The normalized spacial score (nSPS) is 12.3. The first-order valence-electron chi connectivity index (χ1n) is 11.3. The Labute approximate surface area is 209 Å². The molecule has 0 aliphatic carbocycles. The van der Waals surface area contributed by atoms with E-state index in [2.05, 4.69) is 52.1 Å². The van der Waals surface area contributed by atoms with Crippen molar-refractivity contribution in [3.63, 3.8) is 0 Å². The molecule has 2 aliphatic rings. The molecule has 0 aromatic heterocycles. The molecular formula is C29H15BN6. The molecule has 0 saturated heterocycles. The number of hydrogen-bond donors (Lipinski definition) is 0. The van der Waals surface area contributed by atoms with E-state index < -0.39 is 0 Å². The van der Waals surface area contributed by atoms with E-state index in [1.54, 1.807) is 24.3 Å². The third kappa shape index (κ3) is 2.75. The molecule has 36 heavy (non-hydrogen) atoms. The molecular weight excluding hydrogens is 443 g/mol. The third-order valence-corrected chi connectivity index (χ3v) is 6.93. The van der Waals surface area contributed by atoms with Crippen molar-refractivity contribution >= 4 is 46.2 Å². The molecule has 0 atom stereocenters. The van der Waals surface area contributed by atoms with E-state index in [9.17, 15) is 15.8 Å². The molecule has 0 amide bonds. The molecule has 0 unspecified atom stereocenters. The van der Waals surface area contributed by atoms with Crippen molar-refractivity contribution in [1.29, 1.82) is 15.8 Å². The maximum atomic E-state index is 10.2. The Morgan fingerprint density at radius 3 is 1.86 bits per heavy atom. The van der Waals surface area contributed by atoms with Gasteiger partial charge in [-0.05, 0) is 46.3 Å². The van der Waals surface area contributed by atoms with Gasteiger partial charge in [0.25, 0.3) is 0 Å². The van der Waals surface area contributed by atoms with Crippen LogP contribution in [-0.2, 0) is 0 Å². The minimum Gasteiger partial charge on any atom is -0.371 e. The highest BCUT2D eigenvalue weighted by atomic mass is 15.2. The summed E-state index contributed by atoms with van der Waals surface area (Å²) in [7, 11) is 1.84. The van der Waals surface area contributed by atoms with Gasteiger partial charge in [-0.25, -0.2) is 4.85 Å². The highest BCUT2D eigenvalue weighted by Crippen LogP contribution is 2.52. The van der Waals surface area contributed by atoms with Crippen LogP contribution in [0.5, 0.6) is 0 Å². The first-order valence-corrected chi connectivity index (χ1v) is 11.3. The number of anilines is 4. The van der Waals surface area contributed by atoms with E-state index >= 15 is 0 Å². The summed E-state index contributed by atoms with van der Waals surface area (Å²) in [4.78, 5) is 7.51. The van der Waals surface area contributed by atoms with Crippen LogP contribution in [0.2, 0.25) is 0 Å². The molecule has 0 N–H and O–H groups in total. The maximum absolute atomic E-state index is 10.2. The van der Waals surface area contributed by atoms with E-state index in [-0.39, 0.29) is 6.85 Å². The number of rotatable bonds is 1. The average molecular weight is 458 g/mol. The summed E-state index contributed by atoms with van der Waals surface area (Å²) in [6.07, 6.45) is 0. The number of nitriles is 3. The Hall–Kier alpha value is -5.50. The van der Waals surface area contributed by atoms with Gasteiger partial charge in [-0.2, -0.15) is 15.8 Å². The Morgan fingerprint density at radius 1 is 0.750 bits per heavy atom. The van der Waals surface area contributed by atoms with Gasteiger partial charge < -0.3 is 9.71 Å². The van der Waals surface area contributed by atoms with Gasteiger partial charge in [0.05, 0.1) is 52.1 Å². The van der Waals surface area contributed by atoms with Crippen LogP contribution in [-0.4, -0.2) is 13.9 Å². The molecule has 0 spiro atoms. The molecule has 0 bridgehead atoms. The molecule has 164 valence electrons. The average Bonchev–Trinajstić information content (AvgIpc) is 3.26. The second-order valence-electron chi connectivity index (χ2n) is 8.71. The fourth-order valence-corrected chi connectivity index (χ4v) is 5.45. The van der Waals surface area contributed by atoms with Crippen molar-refractivity contribution in [2.24, 2.45) is 0 Å². The number of nitrogens with zero attached hydrogens (tertiary/aromatic N) is 6. The quantitative estimate of drug-likeness (QED) is 0.301. The molecule has 6 rings (SSSR count). The predicted octanol–water partition coefficient (Wildman–Crippen LogP) is 4.86. The van der Waals surface area contributed by atoms with Crippen LogP contribution >= 0.6 is 0 Å². The summed E-state index contributed by atoms with van der Waals surface area (Å²) < 4.78 is 0. The van der Waals surface area contributed by atoms with Crippen molar-refractivity contribution in [1.82, 2.24) is 0 Å². The summed E-state index contributed by atoms with van der Waals surface area (Å²) in [5.41, 5.74) is 8.37. The minimum absolute atomic E-state index is 0.311. The highest BCUT2D eigenvalue weighted by molar-refractivity contribution is 6.93. The first kappa shape index (κ1) is 21.1. The lowest BCUT2D eigenvalue weighted by Crippen LogP contribution is -2.54. The van der Waals surface area contributed by atoms with Crippen molar-refractivity contribution in [2.75, 3.05) is 16.8 Å². The van der Waals surface area contributed by atoms with E-state index in [4.69, 9.17) is 6.57 Å². The lowest BCUT2D eigenvalue weighted by atomic mass is 9.51. The van der Waals surface area contributed by atoms with E-state index in [0.29, 0.717) is 45.1 Å². The minimum atomic E-state index is -0.311. The van der Waals surface area contributed by atoms with Gasteiger partial charge >= 0.3 is 6.85 Å². The lowest BCUT2D eigenvalue weighted by Gasteiger charge is -2.42. The Balaban J connectivity index is 1.77. The summed E-state index contributed by atoms with van der Waals surface area (Å²) >= 11 is 0. The van der Waals surface area contributed by atoms with Crippen molar-refractivity contribution in [3.05, 3.63) is 101 Å². The molecule has 6 nitrogen and oxygen atoms in total. The molecule has 2 heterocycles. The van der Waals surface area contributed by atoms with E-state index in [1.165, 1.54) is 0 Å². The molecule has 7 heteroatoms. The highest BCUT2D eigenvalue weighted by Gasteiger charge is 2.44. The van der Waals surface area contributed by atoms with Crippen molar-refractivity contribution in [2.45, 2.75) is 0 Å². The summed E-state index contributed by atoms with van der Waals surface area (Å²) in [5, 5.41) is 30.1. The fraction of sp³-hybridized carbons (Fsp3) is 0.0345. The van der Waals surface area contributed by atoms with Crippen LogP contribution in [0.15, 0.2) is 72.8 Å². The van der Waals surface area contributed by atoms with Crippen molar-refractivity contribution < 1.29 is 0 Å². The SMILES string of the molecule is [C-]#[N+]c1cc(C#N)c2c(c1)N(C)c1cc(C#N)cc(C#N)c1N2B1c2ccccc2-c2ccccc21. The first-order chi connectivity index (χ1) is 17.6. The molecule has 4 aromatic rings. The lowest BCUT2D eigenvalue weighted by molar-refractivity contribution is 1.14. The molecule has 2 aliphatic heterocycles. The monoisotopic (exact) mass is 458 g/mol. The standard InChI is InChI=1S/C29H15BN6/c1-34-21-13-20(17-33)29-27(14-21)35(2)26-12-18(15-31)11-19(16-32)28(26)36(29)30-24-9-5-3-7-22(24)23-8-4-6-10-25(23)30/h3-14H,2H3.